The van der Waals surface area contributed by atoms with Crippen molar-refractivity contribution in [1.29, 1.82) is 0 Å². The normalized spacial score (nSPS) is 14.0. The van der Waals surface area contributed by atoms with E-state index in [-0.39, 0.29) is 58.3 Å². The first-order chi connectivity index (χ1) is 52.0. The Morgan fingerprint density at radius 3 is 1.22 bits per heavy atom. The lowest BCUT2D eigenvalue weighted by Crippen LogP contribution is -2.61. The maximum atomic E-state index is 11.8. The minimum Gasteiger partial charge on any atom is -0.453 e. The van der Waals surface area contributed by atoms with Crippen LogP contribution in [0.5, 0.6) is 11.5 Å². The zero-order chi connectivity index (χ0) is 74.6. The molecule has 0 amide bonds. The predicted molar refractivity (Wildman–Crippen MR) is 433 cm³/mol. The van der Waals surface area contributed by atoms with Crippen molar-refractivity contribution >= 4 is 96.1 Å². The van der Waals surface area contributed by atoms with Crippen LogP contribution >= 0.6 is 0 Å². The Labute approximate surface area is 608 Å². The van der Waals surface area contributed by atoms with E-state index in [1.165, 1.54) is 0 Å². The van der Waals surface area contributed by atoms with E-state index in [0.717, 1.165) is 128 Å². The van der Waals surface area contributed by atoms with E-state index in [1.54, 1.807) is 0 Å². The van der Waals surface area contributed by atoms with Crippen molar-refractivity contribution < 1.29 is 13.0 Å². The lowest BCUT2D eigenvalue weighted by Gasteiger charge is -2.47. The molecule has 0 unspecified atom stereocenters. The molecule has 0 saturated heterocycles. The molecule has 0 fully saturated rings. The Balaban J connectivity index is 1.04. The van der Waals surface area contributed by atoms with Gasteiger partial charge in [0.1, 0.15) is 0 Å². The molecule has 6 heteroatoms. The summed E-state index contributed by atoms with van der Waals surface area (Å²) < 4.78 is 75.9. The average Bonchev–Trinajstić information content (AvgIpc) is 0.742. The van der Waals surface area contributed by atoms with Crippen LogP contribution in [-0.2, 0) is 16.2 Å². The second kappa shape index (κ2) is 23.9. The number of benzene rings is 14. The summed E-state index contributed by atoms with van der Waals surface area (Å²) in [6.45, 7) is 19.1. The summed E-state index contributed by atoms with van der Waals surface area (Å²) in [7, 11) is 0. The molecule has 3 aliphatic heterocycles. The highest BCUT2D eigenvalue weighted by Gasteiger charge is 2.47. The van der Waals surface area contributed by atoms with Gasteiger partial charge >= 0.3 is 0 Å². The van der Waals surface area contributed by atoms with Crippen LogP contribution in [0.2, 0.25) is 0 Å². The molecule has 0 atom stereocenters. The molecular formula is C96H79BN4O. The van der Waals surface area contributed by atoms with Crippen molar-refractivity contribution in [2.75, 3.05) is 14.7 Å². The highest BCUT2D eigenvalue weighted by Crippen LogP contribution is 2.57. The van der Waals surface area contributed by atoms with Crippen molar-refractivity contribution in [1.82, 2.24) is 4.57 Å². The van der Waals surface area contributed by atoms with Crippen LogP contribution < -0.4 is 35.8 Å². The van der Waals surface area contributed by atoms with E-state index in [1.807, 2.05) is 108 Å². The first-order valence-corrected chi connectivity index (χ1v) is 35.4. The van der Waals surface area contributed by atoms with Gasteiger partial charge in [0, 0.05) is 67.2 Å². The van der Waals surface area contributed by atoms with E-state index in [0.29, 0.717) is 39.2 Å². The molecule has 102 heavy (non-hydrogen) atoms. The monoisotopic (exact) mass is 1320 g/mol. The molecule has 14 aromatic carbocycles. The van der Waals surface area contributed by atoms with Crippen LogP contribution in [0.15, 0.2) is 315 Å². The molecule has 0 saturated carbocycles. The molecule has 3 aliphatic rings. The SMILES string of the molecule is [2H]c1c([2H])c(-n2c3ccccc3c3cc(N4c5ccccc5Oc5ccccc54)ccc32)c([2H])c2c1B1c3c(cc(C(C)(C)C)cc3N2c2c(-c3ccccc3)cc(C(C)(C)C)cc2-c2ccccc2)N(c2c(-c3ccccc3)cc(C(C)(C)C)cc2-c2ccccc2)c2c([2H])c([2H])c(-c3ccccc3)c([2H])c21. The van der Waals surface area contributed by atoms with Crippen molar-refractivity contribution in [3.05, 3.63) is 332 Å². The highest BCUT2D eigenvalue weighted by atomic mass is 16.5. The number of hydrogen-bond acceptors (Lipinski definition) is 4. The number of anilines is 9. The third-order valence-corrected chi connectivity index (χ3v) is 20.8. The number of nitrogens with zero attached hydrogens (tertiary/aromatic N) is 4. The van der Waals surface area contributed by atoms with E-state index in [4.69, 9.17) is 4.74 Å². The van der Waals surface area contributed by atoms with Gasteiger partial charge in [-0.2, -0.15) is 0 Å². The maximum absolute atomic E-state index is 11.8. The zero-order valence-corrected chi connectivity index (χ0v) is 58.8. The number of fused-ring (bicyclic) bond motifs is 9. The van der Waals surface area contributed by atoms with Gasteiger partial charge in [0.05, 0.1) is 42.0 Å². The van der Waals surface area contributed by atoms with Gasteiger partial charge in [-0.1, -0.05) is 275 Å². The van der Waals surface area contributed by atoms with Crippen molar-refractivity contribution in [2.45, 2.75) is 78.6 Å². The lowest BCUT2D eigenvalue weighted by molar-refractivity contribution is 0.477. The summed E-state index contributed by atoms with van der Waals surface area (Å²) in [6.07, 6.45) is 0. The smallest absolute Gasteiger partial charge is 0.252 e. The molecule has 0 spiro atoms. The molecule has 0 N–H and O–H groups in total. The lowest BCUT2D eigenvalue weighted by atomic mass is 9.33. The third-order valence-electron chi connectivity index (χ3n) is 20.8. The molecule has 4 heterocycles. The summed E-state index contributed by atoms with van der Waals surface area (Å²) in [5.41, 5.74) is 19.5. The molecular weight excluding hydrogens is 1240 g/mol. The molecule has 0 radical (unpaired) electrons. The van der Waals surface area contributed by atoms with E-state index in [9.17, 15) is 8.22 Å². The quantitative estimate of drug-likeness (QED) is 0.134. The minimum absolute atomic E-state index is 0.00227. The van der Waals surface area contributed by atoms with Gasteiger partial charge in [0.15, 0.2) is 11.5 Å². The largest absolute Gasteiger partial charge is 0.453 e. The van der Waals surface area contributed by atoms with Crippen molar-refractivity contribution in [3.8, 4) is 72.8 Å². The van der Waals surface area contributed by atoms with Gasteiger partial charge in [-0.25, -0.2) is 0 Å². The Morgan fingerprint density at radius 2 is 0.725 bits per heavy atom. The highest BCUT2D eigenvalue weighted by molar-refractivity contribution is 7.00. The molecule has 5 nitrogen and oxygen atoms in total. The Hall–Kier alpha value is -11.9. The molecule has 0 aliphatic carbocycles. The van der Waals surface area contributed by atoms with E-state index in [2.05, 4.69) is 253 Å². The number of rotatable bonds is 9. The van der Waals surface area contributed by atoms with E-state index >= 15 is 0 Å². The standard InChI is InChI=1S/C96H79BN4O/c1-94(2,3)68-54-74(63-33-17-11-18-34-63)92(75(55-68)64-35-19-12-20-36-64)100-83-51-47-67(62-31-15-10-16-32-62)53-80(83)97-79-50-48-72(98-81-42-26-25-41-73(81)78-60-71(49-52-82(78)98)99-84-43-27-29-45-89(84)102-90-46-30-28-44-85(90)99)61-86(79)101(88-59-70(96(7,8)9)58-87(100)91(88)97)93-76(65-37-21-13-22-38-65)56-69(95(4,5)6)57-77(93)66-39-23-14-24-40-66/h10-61H,1-9H3/i47D,48D,50D,51D,53D,61D. The Morgan fingerprint density at radius 1 is 0.304 bits per heavy atom. The summed E-state index contributed by atoms with van der Waals surface area (Å²) in [4.78, 5) is 6.73. The van der Waals surface area contributed by atoms with Gasteiger partial charge in [-0.15, -0.1) is 0 Å². The third kappa shape index (κ3) is 10.4. The van der Waals surface area contributed by atoms with Gasteiger partial charge in [-0.3, -0.25) is 0 Å². The fourth-order valence-electron chi connectivity index (χ4n) is 15.6. The number of para-hydroxylation sites is 5. The van der Waals surface area contributed by atoms with Crippen LogP contribution in [0, 0.1) is 0 Å². The second-order valence-corrected chi connectivity index (χ2v) is 30.4. The first kappa shape index (κ1) is 56.0. The number of aromatic nitrogens is 1. The van der Waals surface area contributed by atoms with Crippen molar-refractivity contribution in [3.63, 3.8) is 0 Å². The number of hydrogen-bond donors (Lipinski definition) is 0. The topological polar surface area (TPSA) is 23.9 Å². The van der Waals surface area contributed by atoms with Gasteiger partial charge in [-0.05, 0) is 186 Å². The fourth-order valence-corrected chi connectivity index (χ4v) is 15.6. The summed E-state index contributed by atoms with van der Waals surface area (Å²) in [5, 5.41) is 1.78. The zero-order valence-electron chi connectivity index (χ0n) is 64.8. The Kier molecular flexibility index (Phi) is 13.1. The van der Waals surface area contributed by atoms with Crippen LogP contribution in [0.25, 0.3) is 83.1 Å². The van der Waals surface area contributed by atoms with Crippen LogP contribution in [-0.4, -0.2) is 11.3 Å². The molecule has 492 valence electrons. The van der Waals surface area contributed by atoms with Gasteiger partial charge < -0.3 is 24.0 Å². The van der Waals surface area contributed by atoms with E-state index < -0.39 is 12.1 Å². The van der Waals surface area contributed by atoms with Crippen LogP contribution in [0.3, 0.4) is 0 Å². The molecule has 1 aromatic heterocycles. The second-order valence-electron chi connectivity index (χ2n) is 30.4. The van der Waals surface area contributed by atoms with Crippen molar-refractivity contribution in [2.24, 2.45) is 0 Å². The molecule has 15 aromatic rings. The van der Waals surface area contributed by atoms with Crippen LogP contribution in [0.1, 0.15) is 87.2 Å². The summed E-state index contributed by atoms with van der Waals surface area (Å²) in [5.74, 6) is 1.45. The number of ether oxygens (including phenoxy) is 1. The van der Waals surface area contributed by atoms with Crippen LogP contribution in [0.4, 0.5) is 51.2 Å². The summed E-state index contributed by atoms with van der Waals surface area (Å²) >= 11 is 0. The summed E-state index contributed by atoms with van der Waals surface area (Å²) in [6, 6.07) is 95.5. The first-order valence-electron chi connectivity index (χ1n) is 38.4. The average molecular weight is 1320 g/mol. The fraction of sp³-hybridized carbons (Fsp3) is 0.125. The minimum atomic E-state index is -1.08. The Bertz CT molecular complexity index is 6020. The molecule has 0 bridgehead atoms. The predicted octanol–water partition coefficient (Wildman–Crippen LogP) is 24.7. The van der Waals surface area contributed by atoms with Gasteiger partial charge in [0.2, 0.25) is 0 Å². The maximum Gasteiger partial charge on any atom is 0.252 e. The van der Waals surface area contributed by atoms with Gasteiger partial charge in [0.25, 0.3) is 6.71 Å². The molecule has 18 rings (SSSR count).